The second kappa shape index (κ2) is 11.2. The van der Waals surface area contributed by atoms with Gasteiger partial charge in [-0.05, 0) is 24.0 Å². The number of aromatic nitrogens is 2. The number of hydrogen-bond acceptors (Lipinski definition) is 5. The second-order valence-corrected chi connectivity index (χ2v) is 8.51. The molecule has 31 heavy (non-hydrogen) atoms. The number of rotatable bonds is 7. The van der Waals surface area contributed by atoms with Crippen LogP contribution in [0.15, 0.2) is 36.5 Å². The number of benzene rings is 1. The summed E-state index contributed by atoms with van der Waals surface area (Å²) in [7, 11) is 0. The summed E-state index contributed by atoms with van der Waals surface area (Å²) in [6.45, 7) is 7.74. The van der Waals surface area contributed by atoms with Crippen LogP contribution in [-0.4, -0.2) is 70.9 Å². The second-order valence-electron chi connectivity index (χ2n) is 8.10. The van der Waals surface area contributed by atoms with E-state index in [4.69, 9.17) is 16.3 Å². The number of nitrogens with one attached hydrogen (secondary N) is 1. The van der Waals surface area contributed by atoms with E-state index in [1.54, 1.807) is 21.8 Å². The van der Waals surface area contributed by atoms with E-state index in [-0.39, 0.29) is 18.5 Å². The van der Waals surface area contributed by atoms with Crippen LogP contribution in [0, 0.1) is 5.92 Å². The minimum Gasteiger partial charge on any atom is -0.449 e. The molecule has 0 saturated carbocycles. The monoisotopic (exact) mass is 447 g/mol. The standard InChI is InChI=1S/C22H30ClN5O3/c1-17(2)16-31-22(30)27-11-5-10-26(12-13-27)15-21(29)25-20-8-9-24-28(20)14-18-6-3-4-7-19(18)23/h3-4,6-9,17H,5,10-16H2,1-2H3,(H,25,29). The fourth-order valence-corrected chi connectivity index (χ4v) is 3.57. The number of amides is 2. The lowest BCUT2D eigenvalue weighted by Crippen LogP contribution is -2.38. The van der Waals surface area contributed by atoms with Crippen LogP contribution < -0.4 is 5.32 Å². The first-order valence-electron chi connectivity index (χ1n) is 10.6. The van der Waals surface area contributed by atoms with Gasteiger partial charge in [0.25, 0.3) is 0 Å². The zero-order valence-corrected chi connectivity index (χ0v) is 18.8. The van der Waals surface area contributed by atoms with Gasteiger partial charge >= 0.3 is 6.09 Å². The summed E-state index contributed by atoms with van der Waals surface area (Å²) in [4.78, 5) is 28.6. The summed E-state index contributed by atoms with van der Waals surface area (Å²) in [5, 5.41) is 7.90. The maximum atomic E-state index is 12.6. The van der Waals surface area contributed by atoms with Crippen molar-refractivity contribution in [2.75, 3.05) is 44.6 Å². The highest BCUT2D eigenvalue weighted by molar-refractivity contribution is 6.31. The molecule has 1 aliphatic rings. The summed E-state index contributed by atoms with van der Waals surface area (Å²) < 4.78 is 7.04. The minimum absolute atomic E-state index is 0.114. The van der Waals surface area contributed by atoms with Crippen molar-refractivity contribution in [1.82, 2.24) is 19.6 Å². The van der Waals surface area contributed by atoms with E-state index >= 15 is 0 Å². The molecule has 1 aromatic carbocycles. The fourth-order valence-electron chi connectivity index (χ4n) is 3.38. The van der Waals surface area contributed by atoms with Crippen LogP contribution in [0.5, 0.6) is 0 Å². The van der Waals surface area contributed by atoms with Crippen molar-refractivity contribution in [3.63, 3.8) is 0 Å². The van der Waals surface area contributed by atoms with Crippen molar-refractivity contribution in [3.05, 3.63) is 47.1 Å². The number of carbonyl (C=O) groups excluding carboxylic acids is 2. The van der Waals surface area contributed by atoms with Crippen LogP contribution in [0.1, 0.15) is 25.8 Å². The first-order chi connectivity index (χ1) is 14.9. The largest absolute Gasteiger partial charge is 0.449 e. The molecule has 0 bridgehead atoms. The van der Waals surface area contributed by atoms with Crippen molar-refractivity contribution in [2.24, 2.45) is 5.92 Å². The van der Waals surface area contributed by atoms with Gasteiger partial charge in [-0.25, -0.2) is 9.48 Å². The Morgan fingerprint density at radius 3 is 2.74 bits per heavy atom. The third kappa shape index (κ3) is 6.97. The van der Waals surface area contributed by atoms with Crippen molar-refractivity contribution in [3.8, 4) is 0 Å². The normalized spacial score (nSPS) is 15.0. The Balaban J connectivity index is 1.50. The molecule has 9 heteroatoms. The van der Waals surface area contributed by atoms with Gasteiger partial charge in [0.1, 0.15) is 5.82 Å². The molecule has 3 rings (SSSR count). The highest BCUT2D eigenvalue weighted by atomic mass is 35.5. The lowest BCUT2D eigenvalue weighted by atomic mass is 10.2. The Hall–Kier alpha value is -2.58. The van der Waals surface area contributed by atoms with Crippen molar-refractivity contribution in [1.29, 1.82) is 0 Å². The van der Waals surface area contributed by atoms with Gasteiger partial charge in [-0.2, -0.15) is 5.10 Å². The Bertz CT molecular complexity index is 886. The molecule has 0 unspecified atom stereocenters. The predicted octanol–water partition coefficient (Wildman–Crippen LogP) is 3.32. The topological polar surface area (TPSA) is 79.7 Å². The summed E-state index contributed by atoms with van der Waals surface area (Å²) in [6.07, 6.45) is 2.18. The van der Waals surface area contributed by atoms with Crippen molar-refractivity contribution < 1.29 is 14.3 Å². The average molecular weight is 448 g/mol. The molecule has 1 saturated heterocycles. The quantitative estimate of drug-likeness (QED) is 0.704. The number of nitrogens with zero attached hydrogens (tertiary/aromatic N) is 4. The molecule has 8 nitrogen and oxygen atoms in total. The Morgan fingerprint density at radius 2 is 1.97 bits per heavy atom. The zero-order chi connectivity index (χ0) is 22.2. The zero-order valence-electron chi connectivity index (χ0n) is 18.1. The number of ether oxygens (including phenoxy) is 1. The molecule has 1 aliphatic heterocycles. The van der Waals surface area contributed by atoms with Crippen LogP contribution in [0.4, 0.5) is 10.6 Å². The molecule has 2 heterocycles. The Kier molecular flexibility index (Phi) is 8.31. The first-order valence-corrected chi connectivity index (χ1v) is 11.0. The lowest BCUT2D eigenvalue weighted by molar-refractivity contribution is -0.117. The van der Waals surface area contributed by atoms with E-state index in [1.165, 1.54) is 0 Å². The fraction of sp³-hybridized carbons (Fsp3) is 0.500. The van der Waals surface area contributed by atoms with Gasteiger partial charge in [0.15, 0.2) is 0 Å². The van der Waals surface area contributed by atoms with Crippen LogP contribution in [0.25, 0.3) is 0 Å². The van der Waals surface area contributed by atoms with Gasteiger partial charge in [-0.1, -0.05) is 43.6 Å². The molecule has 2 aromatic rings. The lowest BCUT2D eigenvalue weighted by Gasteiger charge is -2.21. The van der Waals surface area contributed by atoms with Gasteiger partial charge in [0, 0.05) is 37.3 Å². The van der Waals surface area contributed by atoms with E-state index < -0.39 is 0 Å². The number of halogens is 1. The average Bonchev–Trinajstić information content (AvgIpc) is 3.02. The molecule has 1 N–H and O–H groups in total. The van der Waals surface area contributed by atoms with E-state index in [0.717, 1.165) is 18.5 Å². The van der Waals surface area contributed by atoms with E-state index in [2.05, 4.69) is 15.3 Å². The van der Waals surface area contributed by atoms with Crippen molar-refractivity contribution >= 4 is 29.4 Å². The first kappa shape index (κ1) is 23.1. The molecule has 2 amide bonds. The molecular weight excluding hydrogens is 418 g/mol. The van der Waals surface area contributed by atoms with Crippen LogP contribution >= 0.6 is 11.6 Å². The summed E-state index contributed by atoms with van der Waals surface area (Å²) in [5.74, 6) is 0.817. The Morgan fingerprint density at radius 1 is 1.16 bits per heavy atom. The smallest absolute Gasteiger partial charge is 0.409 e. The van der Waals surface area contributed by atoms with Gasteiger partial charge < -0.3 is 15.0 Å². The molecule has 0 atom stereocenters. The highest BCUT2D eigenvalue weighted by Gasteiger charge is 2.22. The van der Waals surface area contributed by atoms with Gasteiger partial charge in [0.05, 0.1) is 25.9 Å². The van der Waals surface area contributed by atoms with Crippen LogP contribution in [-0.2, 0) is 16.1 Å². The van der Waals surface area contributed by atoms with Crippen LogP contribution in [0.3, 0.4) is 0 Å². The molecule has 0 aliphatic carbocycles. The SMILES string of the molecule is CC(C)COC(=O)N1CCCN(CC(=O)Nc2ccnn2Cc2ccccc2Cl)CC1. The van der Waals surface area contributed by atoms with Crippen LogP contribution in [0.2, 0.25) is 5.02 Å². The van der Waals surface area contributed by atoms with Crippen molar-refractivity contribution in [2.45, 2.75) is 26.8 Å². The van der Waals surface area contributed by atoms with Gasteiger partial charge in [0.2, 0.25) is 5.91 Å². The molecule has 1 aromatic heterocycles. The van der Waals surface area contributed by atoms with Gasteiger partial charge in [-0.3, -0.25) is 9.69 Å². The number of carbonyl (C=O) groups is 2. The maximum Gasteiger partial charge on any atom is 0.409 e. The van der Waals surface area contributed by atoms with E-state index in [1.807, 2.05) is 38.1 Å². The number of anilines is 1. The van der Waals surface area contributed by atoms with E-state index in [0.29, 0.717) is 49.5 Å². The molecule has 0 spiro atoms. The molecule has 0 radical (unpaired) electrons. The third-order valence-corrected chi connectivity index (χ3v) is 5.38. The summed E-state index contributed by atoms with van der Waals surface area (Å²) in [6, 6.07) is 9.34. The minimum atomic E-state index is -0.275. The molecule has 168 valence electrons. The Labute approximate surface area is 188 Å². The highest BCUT2D eigenvalue weighted by Crippen LogP contribution is 2.18. The molecular formula is C22H30ClN5O3. The summed E-state index contributed by atoms with van der Waals surface area (Å²) >= 11 is 6.24. The third-order valence-electron chi connectivity index (χ3n) is 5.02. The molecule has 1 fully saturated rings. The number of hydrogen-bond donors (Lipinski definition) is 1. The van der Waals surface area contributed by atoms with Gasteiger partial charge in [-0.15, -0.1) is 0 Å². The summed E-state index contributed by atoms with van der Waals surface area (Å²) in [5.41, 5.74) is 0.931. The maximum absolute atomic E-state index is 12.6. The van der Waals surface area contributed by atoms with E-state index in [9.17, 15) is 9.59 Å². The predicted molar refractivity (Wildman–Crippen MR) is 120 cm³/mol.